The lowest BCUT2D eigenvalue weighted by Crippen LogP contribution is -2.32. The van der Waals surface area contributed by atoms with E-state index in [-0.39, 0.29) is 11.8 Å². The standard InChI is InChI=1S/C13H16N4O3S/c1-7(14)12(19)17-13-16-10(6-21-13)11-4-3-9(20-11)5-15-8(2)18/h3-4,6-7H,5,14H2,1-2H3,(H,15,18)(H,16,17,19)/t7-/m0/s1. The molecule has 0 saturated heterocycles. The molecule has 0 spiro atoms. The van der Waals surface area contributed by atoms with E-state index in [1.807, 2.05) is 0 Å². The van der Waals surface area contributed by atoms with Crippen molar-refractivity contribution in [3.8, 4) is 11.5 Å². The lowest BCUT2D eigenvalue weighted by Gasteiger charge is -2.03. The quantitative estimate of drug-likeness (QED) is 0.771. The highest BCUT2D eigenvalue weighted by molar-refractivity contribution is 7.14. The minimum absolute atomic E-state index is 0.123. The lowest BCUT2D eigenvalue weighted by molar-refractivity contribution is -0.119. The van der Waals surface area contributed by atoms with Gasteiger partial charge in [0.1, 0.15) is 11.5 Å². The molecule has 7 nitrogen and oxygen atoms in total. The Morgan fingerprint density at radius 2 is 2.24 bits per heavy atom. The Morgan fingerprint density at radius 1 is 1.48 bits per heavy atom. The van der Waals surface area contributed by atoms with Crippen molar-refractivity contribution in [2.24, 2.45) is 5.73 Å². The van der Waals surface area contributed by atoms with Gasteiger partial charge >= 0.3 is 0 Å². The number of nitrogens with two attached hydrogens (primary N) is 1. The number of anilines is 1. The molecule has 112 valence electrons. The first-order chi connectivity index (χ1) is 9.95. The number of aromatic nitrogens is 1. The maximum Gasteiger partial charge on any atom is 0.242 e. The van der Waals surface area contributed by atoms with Gasteiger partial charge in [-0.1, -0.05) is 0 Å². The predicted molar refractivity (Wildman–Crippen MR) is 79.6 cm³/mol. The van der Waals surface area contributed by atoms with E-state index in [4.69, 9.17) is 10.2 Å². The Kier molecular flexibility index (Phi) is 4.71. The Morgan fingerprint density at radius 3 is 2.90 bits per heavy atom. The molecule has 2 amide bonds. The summed E-state index contributed by atoms with van der Waals surface area (Å²) in [5.41, 5.74) is 6.09. The zero-order valence-corrected chi connectivity index (χ0v) is 12.5. The highest BCUT2D eigenvalue weighted by Crippen LogP contribution is 2.26. The number of nitrogens with one attached hydrogen (secondary N) is 2. The molecule has 2 rings (SSSR count). The van der Waals surface area contributed by atoms with Crippen LogP contribution in [0.25, 0.3) is 11.5 Å². The summed E-state index contributed by atoms with van der Waals surface area (Å²) in [6, 6.07) is 2.94. The summed E-state index contributed by atoms with van der Waals surface area (Å²) in [5.74, 6) is 0.798. The molecule has 0 aliphatic rings. The summed E-state index contributed by atoms with van der Waals surface area (Å²) in [4.78, 5) is 26.6. The second-order valence-electron chi connectivity index (χ2n) is 4.49. The van der Waals surface area contributed by atoms with Gasteiger partial charge in [0.2, 0.25) is 11.8 Å². The van der Waals surface area contributed by atoms with E-state index in [2.05, 4.69) is 15.6 Å². The van der Waals surface area contributed by atoms with Crippen molar-refractivity contribution in [2.75, 3.05) is 5.32 Å². The summed E-state index contributed by atoms with van der Waals surface area (Å²) in [5, 5.41) is 7.51. The molecule has 4 N–H and O–H groups in total. The van der Waals surface area contributed by atoms with Crippen LogP contribution in [0.15, 0.2) is 21.9 Å². The van der Waals surface area contributed by atoms with Crippen LogP contribution < -0.4 is 16.4 Å². The number of carbonyl (C=O) groups is 2. The van der Waals surface area contributed by atoms with E-state index >= 15 is 0 Å². The van der Waals surface area contributed by atoms with Gasteiger partial charge in [0.25, 0.3) is 0 Å². The number of hydrogen-bond acceptors (Lipinski definition) is 6. The van der Waals surface area contributed by atoms with Crippen molar-refractivity contribution in [3.63, 3.8) is 0 Å². The minimum Gasteiger partial charge on any atom is -0.458 e. The highest BCUT2D eigenvalue weighted by Gasteiger charge is 2.13. The van der Waals surface area contributed by atoms with Crippen molar-refractivity contribution in [1.29, 1.82) is 0 Å². The third-order valence-corrected chi connectivity index (χ3v) is 3.33. The van der Waals surface area contributed by atoms with Crippen molar-refractivity contribution in [1.82, 2.24) is 10.3 Å². The molecule has 0 unspecified atom stereocenters. The number of amides is 2. The molecule has 0 aromatic carbocycles. The maximum atomic E-state index is 11.5. The van der Waals surface area contributed by atoms with Crippen molar-refractivity contribution in [3.05, 3.63) is 23.3 Å². The third-order valence-electron chi connectivity index (χ3n) is 2.57. The maximum absolute atomic E-state index is 11.5. The summed E-state index contributed by atoms with van der Waals surface area (Å²) in [6.07, 6.45) is 0. The van der Waals surface area contributed by atoms with Crippen LogP contribution in [0.3, 0.4) is 0 Å². The van der Waals surface area contributed by atoms with Gasteiger partial charge in [0.15, 0.2) is 10.9 Å². The predicted octanol–water partition coefficient (Wildman–Crippen LogP) is 1.32. The topological polar surface area (TPSA) is 110 Å². The van der Waals surface area contributed by atoms with Crippen LogP contribution in [0, 0.1) is 0 Å². The molecule has 0 bridgehead atoms. The summed E-state index contributed by atoms with van der Waals surface area (Å²) in [7, 11) is 0. The highest BCUT2D eigenvalue weighted by atomic mass is 32.1. The first-order valence-corrected chi connectivity index (χ1v) is 7.19. The number of furan rings is 1. The monoisotopic (exact) mass is 308 g/mol. The number of carbonyl (C=O) groups excluding carboxylic acids is 2. The first-order valence-electron chi connectivity index (χ1n) is 6.31. The second-order valence-corrected chi connectivity index (χ2v) is 5.35. The van der Waals surface area contributed by atoms with E-state index in [9.17, 15) is 9.59 Å². The SMILES string of the molecule is CC(=O)NCc1ccc(-c2csc(NC(=O)[C@H](C)N)n2)o1. The fraction of sp³-hybridized carbons (Fsp3) is 0.308. The number of thiazole rings is 1. The van der Waals surface area contributed by atoms with Crippen molar-refractivity contribution in [2.45, 2.75) is 26.4 Å². The average Bonchev–Trinajstić information content (AvgIpc) is 3.04. The molecule has 8 heteroatoms. The van der Waals surface area contributed by atoms with E-state index in [1.54, 1.807) is 24.4 Å². The molecular formula is C13H16N4O3S. The molecule has 21 heavy (non-hydrogen) atoms. The van der Waals surface area contributed by atoms with E-state index < -0.39 is 6.04 Å². The molecule has 0 aliphatic carbocycles. The Hall–Kier alpha value is -2.19. The molecule has 2 aromatic heterocycles. The van der Waals surface area contributed by atoms with Gasteiger partial charge in [-0.25, -0.2) is 4.98 Å². The zero-order chi connectivity index (χ0) is 15.4. The van der Waals surface area contributed by atoms with Crippen molar-refractivity contribution < 1.29 is 14.0 Å². The van der Waals surface area contributed by atoms with Gasteiger partial charge in [-0.05, 0) is 19.1 Å². The molecule has 0 saturated carbocycles. The Balaban J connectivity index is 2.04. The van der Waals surface area contributed by atoms with E-state index in [1.165, 1.54) is 18.3 Å². The van der Waals surface area contributed by atoms with Crippen LogP contribution >= 0.6 is 11.3 Å². The number of rotatable bonds is 5. The fourth-order valence-corrected chi connectivity index (χ4v) is 2.19. The average molecular weight is 308 g/mol. The van der Waals surface area contributed by atoms with Crippen LogP contribution in [-0.2, 0) is 16.1 Å². The molecule has 0 fully saturated rings. The van der Waals surface area contributed by atoms with Gasteiger partial charge in [0.05, 0.1) is 12.6 Å². The molecule has 2 heterocycles. The van der Waals surface area contributed by atoms with Gasteiger partial charge in [0, 0.05) is 12.3 Å². The largest absolute Gasteiger partial charge is 0.458 e. The van der Waals surface area contributed by atoms with Crippen LogP contribution in [0.5, 0.6) is 0 Å². The molecular weight excluding hydrogens is 292 g/mol. The second kappa shape index (κ2) is 6.51. The zero-order valence-electron chi connectivity index (χ0n) is 11.7. The lowest BCUT2D eigenvalue weighted by atomic mass is 10.3. The number of nitrogens with zero attached hydrogens (tertiary/aromatic N) is 1. The summed E-state index contributed by atoms with van der Waals surface area (Å²) >= 11 is 1.29. The van der Waals surface area contributed by atoms with Crippen LogP contribution in [0.2, 0.25) is 0 Å². The smallest absolute Gasteiger partial charge is 0.242 e. The van der Waals surface area contributed by atoms with Gasteiger partial charge < -0.3 is 20.8 Å². The molecule has 0 aliphatic heterocycles. The Bertz CT molecular complexity index is 647. The first kappa shape index (κ1) is 15.2. The van der Waals surface area contributed by atoms with Gasteiger partial charge in [-0.3, -0.25) is 9.59 Å². The van der Waals surface area contributed by atoms with Crippen molar-refractivity contribution >= 4 is 28.3 Å². The Labute approximate surface area is 125 Å². The van der Waals surface area contributed by atoms with Crippen LogP contribution in [0.1, 0.15) is 19.6 Å². The summed E-state index contributed by atoms with van der Waals surface area (Å²) in [6.45, 7) is 3.37. The molecule has 1 atom stereocenters. The van der Waals surface area contributed by atoms with Gasteiger partial charge in [-0.15, -0.1) is 11.3 Å². The molecule has 0 radical (unpaired) electrons. The van der Waals surface area contributed by atoms with E-state index in [0.717, 1.165) is 0 Å². The van der Waals surface area contributed by atoms with Crippen LogP contribution in [0.4, 0.5) is 5.13 Å². The normalized spacial score (nSPS) is 12.0. The fourth-order valence-electron chi connectivity index (χ4n) is 1.49. The summed E-state index contributed by atoms with van der Waals surface area (Å²) < 4.78 is 5.58. The number of hydrogen-bond donors (Lipinski definition) is 3. The third kappa shape index (κ3) is 4.14. The van der Waals surface area contributed by atoms with Crippen LogP contribution in [-0.4, -0.2) is 22.8 Å². The van der Waals surface area contributed by atoms with E-state index in [0.29, 0.717) is 28.9 Å². The minimum atomic E-state index is -0.592. The van der Waals surface area contributed by atoms with Gasteiger partial charge in [-0.2, -0.15) is 0 Å². The molecule has 2 aromatic rings.